The molecule has 186 valence electrons. The third-order valence-electron chi connectivity index (χ3n) is 6.14. The number of anilines is 2. The number of urea groups is 1. The van der Waals surface area contributed by atoms with Gasteiger partial charge in [-0.1, -0.05) is 17.4 Å². The number of hydrogen-bond donors (Lipinski definition) is 3. The van der Waals surface area contributed by atoms with Crippen LogP contribution >= 0.6 is 11.3 Å². The number of nitrogens with one attached hydrogen (secondary N) is 2. The van der Waals surface area contributed by atoms with Gasteiger partial charge in [-0.15, -0.1) is 0 Å². The van der Waals surface area contributed by atoms with Gasteiger partial charge in [0.2, 0.25) is 5.88 Å². The van der Waals surface area contributed by atoms with Crippen molar-refractivity contribution in [2.24, 2.45) is 0 Å². The molecular weight excluding hydrogens is 482 g/mol. The molecule has 0 unspecified atom stereocenters. The first kappa shape index (κ1) is 23.4. The number of carbonyl (C=O) groups excluding carboxylic acids is 1. The van der Waals surface area contributed by atoms with Crippen LogP contribution in [-0.4, -0.2) is 50.9 Å². The van der Waals surface area contributed by atoms with Crippen LogP contribution in [0.2, 0.25) is 0 Å². The number of carbonyl (C=O) groups is 1. The molecule has 0 saturated heterocycles. The standard InChI is InChI=1S/C22H24F2N6O4S/c1-11-8-14-17(35-20(27-14)28-19(32)29-22(10-31)6-7-22)12(2)30(11)21-25-9-15(33-21)13-4-3-5-16(26-13)34-18(23)24/h3-5,9,11-12,18,31H,6-8,10H2,1-2H3,(H2,27,28,29,32)/t11-,12+/m1/s1. The first-order valence-electron chi connectivity index (χ1n) is 11.1. The maximum Gasteiger partial charge on any atom is 0.388 e. The van der Waals surface area contributed by atoms with Crippen LogP contribution in [0.1, 0.15) is 43.3 Å². The summed E-state index contributed by atoms with van der Waals surface area (Å²) in [5, 5.41) is 15.5. The molecular formula is C22H24F2N6O4S. The van der Waals surface area contributed by atoms with Gasteiger partial charge in [-0.05, 0) is 32.8 Å². The summed E-state index contributed by atoms with van der Waals surface area (Å²) in [6.45, 7) is 0.966. The molecule has 2 aliphatic rings. The van der Waals surface area contributed by atoms with Crippen LogP contribution in [0.3, 0.4) is 0 Å². The molecule has 0 spiro atoms. The van der Waals surface area contributed by atoms with Crippen molar-refractivity contribution in [2.45, 2.75) is 57.3 Å². The van der Waals surface area contributed by atoms with E-state index in [1.807, 2.05) is 18.7 Å². The fraction of sp³-hybridized carbons (Fsp3) is 0.455. The molecule has 3 aromatic heterocycles. The number of hydrogen-bond acceptors (Lipinski definition) is 9. The number of rotatable bonds is 7. The summed E-state index contributed by atoms with van der Waals surface area (Å²) in [5.74, 6) is 0.117. The molecule has 1 fully saturated rings. The molecule has 0 bridgehead atoms. The van der Waals surface area contributed by atoms with Gasteiger partial charge >= 0.3 is 12.6 Å². The predicted molar refractivity (Wildman–Crippen MR) is 124 cm³/mol. The maximum absolute atomic E-state index is 12.5. The molecule has 13 heteroatoms. The van der Waals surface area contributed by atoms with E-state index in [-0.39, 0.29) is 30.6 Å². The van der Waals surface area contributed by atoms with E-state index in [1.165, 1.54) is 23.6 Å². The number of amides is 2. The fourth-order valence-electron chi connectivity index (χ4n) is 4.18. The average molecular weight is 507 g/mol. The van der Waals surface area contributed by atoms with Crippen LogP contribution < -0.4 is 20.3 Å². The third kappa shape index (κ3) is 4.78. The highest BCUT2D eigenvalue weighted by molar-refractivity contribution is 7.16. The molecule has 0 radical (unpaired) electrons. The monoisotopic (exact) mass is 506 g/mol. The van der Waals surface area contributed by atoms with E-state index in [9.17, 15) is 18.7 Å². The quantitative estimate of drug-likeness (QED) is 0.440. The van der Waals surface area contributed by atoms with Crippen LogP contribution in [0.5, 0.6) is 5.88 Å². The van der Waals surface area contributed by atoms with E-state index >= 15 is 0 Å². The minimum absolute atomic E-state index is 0.00152. The molecule has 10 nitrogen and oxygen atoms in total. The smallest absolute Gasteiger partial charge is 0.388 e. The lowest BCUT2D eigenvalue weighted by molar-refractivity contribution is -0.0527. The number of fused-ring (bicyclic) bond motifs is 1. The second-order valence-corrected chi connectivity index (χ2v) is 9.76. The molecule has 3 aromatic rings. The van der Waals surface area contributed by atoms with E-state index in [0.29, 0.717) is 29.0 Å². The minimum Gasteiger partial charge on any atom is -0.422 e. The third-order valence-corrected chi connectivity index (χ3v) is 7.33. The number of oxazole rings is 1. The van der Waals surface area contributed by atoms with E-state index in [0.717, 1.165) is 23.4 Å². The molecule has 2 amide bonds. The number of aliphatic hydroxyl groups excluding tert-OH is 1. The highest BCUT2D eigenvalue weighted by Crippen LogP contribution is 2.41. The van der Waals surface area contributed by atoms with Gasteiger partial charge < -0.3 is 24.5 Å². The van der Waals surface area contributed by atoms with Crippen LogP contribution in [0.25, 0.3) is 11.5 Å². The Bertz CT molecular complexity index is 1230. The van der Waals surface area contributed by atoms with Gasteiger partial charge in [0.1, 0.15) is 5.69 Å². The summed E-state index contributed by atoms with van der Waals surface area (Å²) >= 11 is 1.38. The van der Waals surface area contributed by atoms with Gasteiger partial charge in [-0.3, -0.25) is 5.32 Å². The van der Waals surface area contributed by atoms with E-state index in [4.69, 9.17) is 4.42 Å². The van der Waals surface area contributed by atoms with Crippen LogP contribution in [0.15, 0.2) is 28.8 Å². The van der Waals surface area contributed by atoms with Crippen LogP contribution in [-0.2, 0) is 6.42 Å². The van der Waals surface area contributed by atoms with Gasteiger partial charge in [0.25, 0.3) is 6.01 Å². The van der Waals surface area contributed by atoms with Crippen LogP contribution in [0.4, 0.5) is 24.7 Å². The van der Waals surface area contributed by atoms with Crippen LogP contribution in [0, 0.1) is 0 Å². The molecule has 0 aromatic carbocycles. The van der Waals surface area contributed by atoms with E-state index in [2.05, 4.69) is 30.3 Å². The lowest BCUT2D eigenvalue weighted by atomic mass is 10.0. The van der Waals surface area contributed by atoms with Crippen molar-refractivity contribution in [3.05, 3.63) is 35.0 Å². The van der Waals surface area contributed by atoms with Crippen molar-refractivity contribution in [3.63, 3.8) is 0 Å². The Hall–Kier alpha value is -3.32. The van der Waals surface area contributed by atoms with Gasteiger partial charge in [-0.2, -0.15) is 8.78 Å². The topological polar surface area (TPSA) is 126 Å². The number of pyridine rings is 1. The zero-order valence-electron chi connectivity index (χ0n) is 19.0. The van der Waals surface area contributed by atoms with Gasteiger partial charge in [-0.25, -0.2) is 19.7 Å². The van der Waals surface area contributed by atoms with Crippen molar-refractivity contribution in [3.8, 4) is 17.3 Å². The number of halogens is 2. The second kappa shape index (κ2) is 9.04. The van der Waals surface area contributed by atoms with Crippen molar-refractivity contribution < 1.29 is 27.8 Å². The van der Waals surface area contributed by atoms with E-state index < -0.39 is 12.2 Å². The van der Waals surface area contributed by atoms with Crippen molar-refractivity contribution in [1.29, 1.82) is 0 Å². The fourth-order valence-corrected chi connectivity index (χ4v) is 5.22. The first-order chi connectivity index (χ1) is 16.8. The van der Waals surface area contributed by atoms with Crippen molar-refractivity contribution in [2.75, 3.05) is 16.8 Å². The van der Waals surface area contributed by atoms with Gasteiger partial charge in [0.05, 0.1) is 35.0 Å². The molecule has 4 heterocycles. The van der Waals surface area contributed by atoms with Crippen molar-refractivity contribution in [1.82, 2.24) is 20.3 Å². The summed E-state index contributed by atoms with van der Waals surface area (Å²) in [7, 11) is 0. The number of ether oxygens (including phenoxy) is 1. The number of thiazole rings is 1. The number of aliphatic hydroxyl groups is 1. The average Bonchev–Trinajstić information content (AvgIpc) is 3.21. The zero-order chi connectivity index (χ0) is 24.7. The highest BCUT2D eigenvalue weighted by atomic mass is 32.1. The summed E-state index contributed by atoms with van der Waals surface area (Å²) in [6, 6.07) is 4.36. The lowest BCUT2D eigenvalue weighted by Crippen LogP contribution is -2.42. The Kier molecular flexibility index (Phi) is 6.05. The summed E-state index contributed by atoms with van der Waals surface area (Å²) in [5.41, 5.74) is 0.712. The van der Waals surface area contributed by atoms with Crippen molar-refractivity contribution >= 4 is 28.5 Å². The summed E-state index contributed by atoms with van der Waals surface area (Å²) in [4.78, 5) is 28.4. The normalized spacial score (nSPS) is 20.5. The van der Waals surface area contributed by atoms with E-state index in [1.54, 1.807) is 12.1 Å². The Balaban J connectivity index is 1.32. The number of aromatic nitrogens is 3. The maximum atomic E-state index is 12.5. The zero-order valence-corrected chi connectivity index (χ0v) is 19.8. The second-order valence-electron chi connectivity index (χ2n) is 8.73. The first-order valence-corrected chi connectivity index (χ1v) is 11.9. The SMILES string of the molecule is C[C@@H]1Cc2nc(NC(=O)NC3(CO)CC3)sc2[C@H](C)N1c1ncc(-c2cccc(OC(F)F)n2)o1. The molecule has 1 aliphatic heterocycles. The summed E-state index contributed by atoms with van der Waals surface area (Å²) in [6.07, 6.45) is 3.63. The molecule has 35 heavy (non-hydrogen) atoms. The minimum atomic E-state index is -2.97. The summed E-state index contributed by atoms with van der Waals surface area (Å²) < 4.78 is 35.4. The molecule has 5 rings (SSSR count). The Morgan fingerprint density at radius 2 is 2.17 bits per heavy atom. The predicted octanol–water partition coefficient (Wildman–Crippen LogP) is 3.95. The largest absolute Gasteiger partial charge is 0.422 e. The van der Waals surface area contributed by atoms with Gasteiger partial charge in [0.15, 0.2) is 10.9 Å². The number of nitrogens with zero attached hydrogens (tertiary/aromatic N) is 4. The Labute approximate surface area is 203 Å². The van der Waals surface area contributed by atoms with Gasteiger partial charge in [0, 0.05) is 18.5 Å². The highest BCUT2D eigenvalue weighted by Gasteiger charge is 2.43. The lowest BCUT2D eigenvalue weighted by Gasteiger charge is -2.36. The molecule has 1 saturated carbocycles. The molecule has 1 aliphatic carbocycles. The Morgan fingerprint density at radius 1 is 1.37 bits per heavy atom. The number of alkyl halides is 2. The molecule has 3 N–H and O–H groups in total. The molecule has 2 atom stereocenters. The Morgan fingerprint density at radius 3 is 2.89 bits per heavy atom.